The number of hydrogen-bond acceptors (Lipinski definition) is 3. The molecule has 0 radical (unpaired) electrons. The molecular weight excluding hydrogens is 438 g/mol. The lowest BCUT2D eigenvalue weighted by Gasteiger charge is -2.14. The third-order valence-corrected chi connectivity index (χ3v) is 6.68. The van der Waals surface area contributed by atoms with Crippen molar-refractivity contribution in [2.75, 3.05) is 0 Å². The summed E-state index contributed by atoms with van der Waals surface area (Å²) < 4.78 is 0. The SMILES string of the molecule is c1ccc(-c2ccc(-c3nc(-c4c5ccccc5nc5ccccc45)c4ccccc4n3)cc2)cc1. The predicted molar refractivity (Wildman–Crippen MR) is 149 cm³/mol. The van der Waals surface area contributed by atoms with Crippen LogP contribution in [-0.2, 0) is 0 Å². The Labute approximate surface area is 208 Å². The Morgan fingerprint density at radius 1 is 0.333 bits per heavy atom. The molecule has 0 amide bonds. The molecule has 5 aromatic carbocycles. The highest BCUT2D eigenvalue weighted by Crippen LogP contribution is 2.38. The van der Waals surface area contributed by atoms with Crippen molar-refractivity contribution < 1.29 is 0 Å². The molecule has 0 N–H and O–H groups in total. The molecule has 3 nitrogen and oxygen atoms in total. The van der Waals surface area contributed by atoms with Crippen LogP contribution >= 0.6 is 0 Å². The maximum Gasteiger partial charge on any atom is 0.160 e. The summed E-state index contributed by atoms with van der Waals surface area (Å²) in [5, 5.41) is 3.21. The molecule has 0 fully saturated rings. The number of benzene rings is 5. The molecule has 0 bridgehead atoms. The lowest BCUT2D eigenvalue weighted by atomic mass is 9.97. The molecule has 3 heteroatoms. The van der Waals surface area contributed by atoms with Gasteiger partial charge in [-0.05, 0) is 29.3 Å². The molecule has 0 aliphatic carbocycles. The van der Waals surface area contributed by atoms with Crippen molar-refractivity contribution in [2.24, 2.45) is 0 Å². The van der Waals surface area contributed by atoms with Crippen molar-refractivity contribution >= 4 is 32.7 Å². The lowest BCUT2D eigenvalue weighted by molar-refractivity contribution is 1.23. The third-order valence-electron chi connectivity index (χ3n) is 6.68. The van der Waals surface area contributed by atoms with Crippen LogP contribution in [0.3, 0.4) is 0 Å². The fourth-order valence-electron chi connectivity index (χ4n) is 4.93. The molecule has 168 valence electrons. The Morgan fingerprint density at radius 2 is 0.806 bits per heavy atom. The van der Waals surface area contributed by atoms with E-state index in [9.17, 15) is 0 Å². The minimum atomic E-state index is 0.716. The molecule has 0 saturated carbocycles. The minimum absolute atomic E-state index is 0.716. The van der Waals surface area contributed by atoms with Gasteiger partial charge in [0.05, 0.1) is 22.2 Å². The van der Waals surface area contributed by atoms with E-state index in [1.165, 1.54) is 11.1 Å². The third kappa shape index (κ3) is 3.41. The number of fused-ring (bicyclic) bond motifs is 3. The van der Waals surface area contributed by atoms with Crippen LogP contribution < -0.4 is 0 Å². The van der Waals surface area contributed by atoms with Gasteiger partial charge in [0.15, 0.2) is 5.82 Å². The molecule has 36 heavy (non-hydrogen) atoms. The number of nitrogens with zero attached hydrogens (tertiary/aromatic N) is 3. The Morgan fingerprint density at radius 3 is 1.44 bits per heavy atom. The summed E-state index contributed by atoms with van der Waals surface area (Å²) in [4.78, 5) is 15.1. The van der Waals surface area contributed by atoms with Crippen LogP contribution in [0.5, 0.6) is 0 Å². The van der Waals surface area contributed by atoms with E-state index in [-0.39, 0.29) is 0 Å². The van der Waals surface area contributed by atoms with Crippen molar-refractivity contribution in [3.63, 3.8) is 0 Å². The first-order valence-electron chi connectivity index (χ1n) is 12.1. The number of pyridine rings is 1. The molecule has 2 aromatic heterocycles. The van der Waals surface area contributed by atoms with Gasteiger partial charge in [-0.25, -0.2) is 15.0 Å². The van der Waals surface area contributed by atoms with Gasteiger partial charge in [0.2, 0.25) is 0 Å². The van der Waals surface area contributed by atoms with E-state index in [1.54, 1.807) is 0 Å². The first kappa shape index (κ1) is 20.5. The quantitative estimate of drug-likeness (QED) is 0.249. The maximum atomic E-state index is 5.21. The summed E-state index contributed by atoms with van der Waals surface area (Å²) in [5.41, 5.74) is 8.23. The van der Waals surface area contributed by atoms with Gasteiger partial charge in [-0.15, -0.1) is 0 Å². The van der Waals surface area contributed by atoms with Crippen LogP contribution in [0.1, 0.15) is 0 Å². The normalized spacial score (nSPS) is 11.3. The topological polar surface area (TPSA) is 38.7 Å². The van der Waals surface area contributed by atoms with Gasteiger partial charge in [-0.1, -0.05) is 109 Å². The van der Waals surface area contributed by atoms with Gasteiger partial charge < -0.3 is 0 Å². The zero-order valence-electron chi connectivity index (χ0n) is 19.5. The second kappa shape index (κ2) is 8.40. The molecule has 0 saturated heterocycles. The monoisotopic (exact) mass is 459 g/mol. The molecular formula is C33H21N3. The Hall–Kier alpha value is -4.89. The number of rotatable bonds is 3. The molecule has 7 aromatic rings. The van der Waals surface area contributed by atoms with Crippen molar-refractivity contribution in [3.8, 4) is 33.8 Å². The summed E-state index contributed by atoms with van der Waals surface area (Å²) in [6.45, 7) is 0. The molecule has 0 aliphatic rings. The highest BCUT2D eigenvalue weighted by molar-refractivity contribution is 6.13. The van der Waals surface area contributed by atoms with Gasteiger partial charge >= 0.3 is 0 Å². The Bertz CT molecular complexity index is 1820. The van der Waals surface area contributed by atoms with Gasteiger partial charge in [0, 0.05) is 27.3 Å². The molecule has 2 heterocycles. The molecule has 0 unspecified atom stereocenters. The zero-order chi connectivity index (χ0) is 23.9. The van der Waals surface area contributed by atoms with Crippen molar-refractivity contribution in [1.29, 1.82) is 0 Å². The molecule has 7 rings (SSSR count). The highest BCUT2D eigenvalue weighted by Gasteiger charge is 2.17. The second-order valence-corrected chi connectivity index (χ2v) is 8.88. The molecule has 0 atom stereocenters. The largest absolute Gasteiger partial charge is 0.248 e. The van der Waals surface area contributed by atoms with E-state index in [2.05, 4.69) is 103 Å². The number of aromatic nitrogens is 3. The van der Waals surface area contributed by atoms with Crippen molar-refractivity contribution in [3.05, 3.63) is 127 Å². The standard InChI is InChI=1S/C33H21N3/c1-2-10-22(11-3-1)23-18-20-24(21-19-23)33-35-30-17-9-6-14-27(30)32(36-33)31-25-12-4-7-15-28(25)34-29-16-8-5-13-26(29)31/h1-21H. The van der Waals surface area contributed by atoms with Crippen LogP contribution in [0.4, 0.5) is 0 Å². The highest BCUT2D eigenvalue weighted by atomic mass is 14.9. The fraction of sp³-hybridized carbons (Fsp3) is 0. The summed E-state index contributed by atoms with van der Waals surface area (Å²) in [7, 11) is 0. The Balaban J connectivity index is 1.49. The average molecular weight is 460 g/mol. The Kier molecular flexibility index (Phi) is 4.78. The van der Waals surface area contributed by atoms with E-state index < -0.39 is 0 Å². The van der Waals surface area contributed by atoms with Crippen LogP contribution in [0.2, 0.25) is 0 Å². The van der Waals surface area contributed by atoms with E-state index in [0.29, 0.717) is 5.82 Å². The zero-order valence-corrected chi connectivity index (χ0v) is 19.5. The summed E-state index contributed by atoms with van der Waals surface area (Å²) in [5.74, 6) is 0.716. The number of hydrogen-bond donors (Lipinski definition) is 0. The summed E-state index contributed by atoms with van der Waals surface area (Å²) in [6, 6.07) is 43.8. The summed E-state index contributed by atoms with van der Waals surface area (Å²) in [6.07, 6.45) is 0. The van der Waals surface area contributed by atoms with Gasteiger partial charge in [0.1, 0.15) is 0 Å². The number of para-hydroxylation sites is 3. The first-order chi connectivity index (χ1) is 17.8. The van der Waals surface area contributed by atoms with E-state index in [4.69, 9.17) is 15.0 Å². The molecule has 0 aliphatic heterocycles. The van der Waals surface area contributed by atoms with Gasteiger partial charge in [-0.3, -0.25) is 0 Å². The van der Waals surface area contributed by atoms with Crippen LogP contribution in [0.25, 0.3) is 66.5 Å². The smallest absolute Gasteiger partial charge is 0.160 e. The maximum absolute atomic E-state index is 5.21. The van der Waals surface area contributed by atoms with Gasteiger partial charge in [0.25, 0.3) is 0 Å². The average Bonchev–Trinajstić information content (AvgIpc) is 2.96. The van der Waals surface area contributed by atoms with E-state index in [1.807, 2.05) is 24.3 Å². The minimum Gasteiger partial charge on any atom is -0.248 e. The van der Waals surface area contributed by atoms with Crippen molar-refractivity contribution in [2.45, 2.75) is 0 Å². The van der Waals surface area contributed by atoms with Crippen LogP contribution in [0, 0.1) is 0 Å². The van der Waals surface area contributed by atoms with Gasteiger partial charge in [-0.2, -0.15) is 0 Å². The second-order valence-electron chi connectivity index (χ2n) is 8.88. The molecule has 0 spiro atoms. The summed E-state index contributed by atoms with van der Waals surface area (Å²) >= 11 is 0. The first-order valence-corrected chi connectivity index (χ1v) is 12.1. The van der Waals surface area contributed by atoms with Crippen LogP contribution in [0.15, 0.2) is 127 Å². The van der Waals surface area contributed by atoms with E-state index in [0.717, 1.165) is 49.5 Å². The van der Waals surface area contributed by atoms with Crippen LogP contribution in [-0.4, -0.2) is 15.0 Å². The lowest BCUT2D eigenvalue weighted by Crippen LogP contribution is -1.97. The van der Waals surface area contributed by atoms with Crippen molar-refractivity contribution in [1.82, 2.24) is 15.0 Å². The fourth-order valence-corrected chi connectivity index (χ4v) is 4.93. The van der Waals surface area contributed by atoms with E-state index >= 15 is 0 Å². The predicted octanol–water partition coefficient (Wildman–Crippen LogP) is 8.33.